The molecule has 2 rings (SSSR count). The second-order valence-electron chi connectivity index (χ2n) is 3.21. The maximum atomic E-state index is 13.3. The molecule has 1 unspecified atom stereocenters. The van der Waals surface area contributed by atoms with E-state index in [1.54, 1.807) is 0 Å². The molecule has 70 valence electrons. The number of nitrogens with zero attached hydrogens (tertiary/aromatic N) is 1. The molecule has 1 aliphatic heterocycles. The molecule has 2 heterocycles. The number of hydrogen-bond donors (Lipinski definition) is 1. The summed E-state index contributed by atoms with van der Waals surface area (Å²) in [5.41, 5.74) is 0.613. The standard InChI is InChI=1S/C9H10ClFN2/c10-7-4-13-5-8(11)9(7)6-1-2-12-3-6/h4-6,12H,1-3H2. The summed E-state index contributed by atoms with van der Waals surface area (Å²) < 4.78 is 13.3. The van der Waals surface area contributed by atoms with Gasteiger partial charge in [0.1, 0.15) is 5.82 Å². The summed E-state index contributed by atoms with van der Waals surface area (Å²) in [5, 5.41) is 3.62. The van der Waals surface area contributed by atoms with E-state index in [0.29, 0.717) is 10.6 Å². The molecule has 1 aliphatic rings. The Morgan fingerprint density at radius 2 is 2.38 bits per heavy atom. The van der Waals surface area contributed by atoms with Crippen molar-refractivity contribution < 1.29 is 4.39 Å². The van der Waals surface area contributed by atoms with Crippen LogP contribution >= 0.6 is 11.6 Å². The van der Waals surface area contributed by atoms with E-state index in [-0.39, 0.29) is 11.7 Å². The lowest BCUT2D eigenvalue weighted by molar-refractivity contribution is 0.582. The lowest BCUT2D eigenvalue weighted by atomic mass is 9.99. The summed E-state index contributed by atoms with van der Waals surface area (Å²) in [6.45, 7) is 1.74. The van der Waals surface area contributed by atoms with E-state index >= 15 is 0 Å². The summed E-state index contributed by atoms with van der Waals surface area (Å²) >= 11 is 5.88. The molecule has 13 heavy (non-hydrogen) atoms. The van der Waals surface area contributed by atoms with Crippen molar-refractivity contribution >= 4 is 11.6 Å². The molecule has 0 amide bonds. The van der Waals surface area contributed by atoms with Crippen LogP contribution in [0.15, 0.2) is 12.4 Å². The number of nitrogens with one attached hydrogen (secondary N) is 1. The van der Waals surface area contributed by atoms with E-state index in [2.05, 4.69) is 10.3 Å². The fourth-order valence-corrected chi connectivity index (χ4v) is 2.01. The first-order valence-electron chi connectivity index (χ1n) is 4.28. The Bertz CT molecular complexity index is 290. The highest BCUT2D eigenvalue weighted by Gasteiger charge is 2.22. The third-order valence-corrected chi connectivity index (χ3v) is 2.66. The van der Waals surface area contributed by atoms with Crippen LogP contribution in [-0.2, 0) is 0 Å². The van der Waals surface area contributed by atoms with Crippen LogP contribution in [0.4, 0.5) is 4.39 Å². The molecule has 1 aromatic rings. The van der Waals surface area contributed by atoms with Crippen molar-refractivity contribution in [2.75, 3.05) is 13.1 Å². The van der Waals surface area contributed by atoms with Gasteiger partial charge in [0.25, 0.3) is 0 Å². The molecule has 1 aromatic heterocycles. The van der Waals surface area contributed by atoms with Crippen molar-refractivity contribution in [3.63, 3.8) is 0 Å². The van der Waals surface area contributed by atoms with Gasteiger partial charge in [0.05, 0.1) is 11.2 Å². The number of aromatic nitrogens is 1. The van der Waals surface area contributed by atoms with Gasteiger partial charge < -0.3 is 5.32 Å². The van der Waals surface area contributed by atoms with E-state index in [0.717, 1.165) is 19.5 Å². The van der Waals surface area contributed by atoms with Crippen LogP contribution in [0.25, 0.3) is 0 Å². The van der Waals surface area contributed by atoms with Crippen molar-refractivity contribution in [2.24, 2.45) is 0 Å². The van der Waals surface area contributed by atoms with Crippen molar-refractivity contribution in [3.05, 3.63) is 28.8 Å². The Kier molecular flexibility index (Phi) is 2.47. The van der Waals surface area contributed by atoms with E-state index < -0.39 is 0 Å². The zero-order valence-electron chi connectivity index (χ0n) is 7.06. The molecule has 2 nitrogen and oxygen atoms in total. The van der Waals surface area contributed by atoms with Crippen molar-refractivity contribution in [3.8, 4) is 0 Å². The monoisotopic (exact) mass is 200 g/mol. The Hall–Kier alpha value is -0.670. The van der Waals surface area contributed by atoms with Gasteiger partial charge in [-0.25, -0.2) is 4.39 Å². The number of hydrogen-bond acceptors (Lipinski definition) is 2. The predicted octanol–water partition coefficient (Wildman–Crippen LogP) is 1.95. The molecule has 1 N–H and O–H groups in total. The highest BCUT2D eigenvalue weighted by Crippen LogP contribution is 2.30. The third-order valence-electron chi connectivity index (χ3n) is 2.36. The first-order chi connectivity index (χ1) is 6.29. The van der Waals surface area contributed by atoms with E-state index in [4.69, 9.17) is 11.6 Å². The summed E-state index contributed by atoms with van der Waals surface area (Å²) in [6, 6.07) is 0. The maximum Gasteiger partial charge on any atom is 0.146 e. The van der Waals surface area contributed by atoms with Gasteiger partial charge in [-0.05, 0) is 13.0 Å². The zero-order valence-corrected chi connectivity index (χ0v) is 7.81. The highest BCUT2D eigenvalue weighted by molar-refractivity contribution is 6.31. The molecular weight excluding hydrogens is 191 g/mol. The molecule has 0 radical (unpaired) electrons. The summed E-state index contributed by atoms with van der Waals surface area (Å²) in [5.74, 6) is -0.0864. The quantitative estimate of drug-likeness (QED) is 0.750. The Morgan fingerprint density at radius 3 is 3.00 bits per heavy atom. The van der Waals surface area contributed by atoms with Gasteiger partial charge in [-0.2, -0.15) is 0 Å². The van der Waals surface area contributed by atoms with Gasteiger partial charge >= 0.3 is 0 Å². The van der Waals surface area contributed by atoms with Crippen LogP contribution in [0.3, 0.4) is 0 Å². The lowest BCUT2D eigenvalue weighted by Crippen LogP contribution is -2.09. The highest BCUT2D eigenvalue weighted by atomic mass is 35.5. The summed E-state index contributed by atoms with van der Waals surface area (Å²) in [6.07, 6.45) is 3.67. The lowest BCUT2D eigenvalue weighted by Gasteiger charge is -2.10. The first kappa shape index (κ1) is 8.91. The van der Waals surface area contributed by atoms with Crippen LogP contribution in [0, 0.1) is 5.82 Å². The molecule has 0 saturated carbocycles. The number of rotatable bonds is 1. The third kappa shape index (κ3) is 1.67. The fourth-order valence-electron chi connectivity index (χ4n) is 1.71. The average molecular weight is 201 g/mol. The van der Waals surface area contributed by atoms with Gasteiger partial charge in [0.2, 0.25) is 0 Å². The average Bonchev–Trinajstić information content (AvgIpc) is 2.57. The molecular formula is C9H10ClFN2. The SMILES string of the molecule is Fc1cncc(Cl)c1C1CCNC1. The molecule has 0 bridgehead atoms. The zero-order chi connectivity index (χ0) is 9.26. The van der Waals surface area contributed by atoms with Crippen LogP contribution in [0.1, 0.15) is 17.9 Å². The van der Waals surface area contributed by atoms with Gasteiger partial charge in [0.15, 0.2) is 0 Å². The molecule has 4 heteroatoms. The maximum absolute atomic E-state index is 13.3. The van der Waals surface area contributed by atoms with E-state index in [1.165, 1.54) is 12.4 Å². The molecule has 1 saturated heterocycles. The van der Waals surface area contributed by atoms with Crippen LogP contribution in [0.5, 0.6) is 0 Å². The van der Waals surface area contributed by atoms with Crippen molar-refractivity contribution in [1.29, 1.82) is 0 Å². The minimum atomic E-state index is -0.291. The fraction of sp³-hybridized carbons (Fsp3) is 0.444. The van der Waals surface area contributed by atoms with Crippen LogP contribution in [0.2, 0.25) is 5.02 Å². The Morgan fingerprint density at radius 1 is 1.54 bits per heavy atom. The van der Waals surface area contributed by atoms with Gasteiger partial charge in [-0.3, -0.25) is 4.98 Å². The van der Waals surface area contributed by atoms with Crippen LogP contribution in [-0.4, -0.2) is 18.1 Å². The first-order valence-corrected chi connectivity index (χ1v) is 4.66. The molecule has 0 spiro atoms. The smallest absolute Gasteiger partial charge is 0.146 e. The minimum absolute atomic E-state index is 0.204. The van der Waals surface area contributed by atoms with Crippen molar-refractivity contribution in [1.82, 2.24) is 10.3 Å². The van der Waals surface area contributed by atoms with E-state index in [9.17, 15) is 4.39 Å². The van der Waals surface area contributed by atoms with Crippen molar-refractivity contribution in [2.45, 2.75) is 12.3 Å². The number of halogens is 2. The number of pyridine rings is 1. The second-order valence-corrected chi connectivity index (χ2v) is 3.61. The van der Waals surface area contributed by atoms with Gasteiger partial charge in [-0.1, -0.05) is 11.6 Å². The van der Waals surface area contributed by atoms with Gasteiger partial charge in [-0.15, -0.1) is 0 Å². The summed E-state index contributed by atoms with van der Waals surface area (Å²) in [7, 11) is 0. The minimum Gasteiger partial charge on any atom is -0.316 e. The molecule has 0 aliphatic carbocycles. The molecule has 1 atom stereocenters. The van der Waals surface area contributed by atoms with Crippen LogP contribution < -0.4 is 5.32 Å². The normalized spacial score (nSPS) is 22.2. The topological polar surface area (TPSA) is 24.9 Å². The Balaban J connectivity index is 2.37. The van der Waals surface area contributed by atoms with Gasteiger partial charge in [0, 0.05) is 24.2 Å². The predicted molar refractivity (Wildman–Crippen MR) is 49.4 cm³/mol. The largest absolute Gasteiger partial charge is 0.316 e. The summed E-state index contributed by atoms with van der Waals surface area (Å²) in [4.78, 5) is 3.69. The molecule has 1 fully saturated rings. The molecule has 0 aromatic carbocycles. The van der Waals surface area contributed by atoms with E-state index in [1.807, 2.05) is 0 Å². The second kappa shape index (κ2) is 3.60. The Labute approximate surface area is 81.1 Å².